The Hall–Kier alpha value is -2.28. The highest BCUT2D eigenvalue weighted by Crippen LogP contribution is 2.31. The molecule has 1 aromatic rings. The lowest BCUT2D eigenvalue weighted by molar-refractivity contribution is -0.910. The first-order valence-corrected chi connectivity index (χ1v) is 9.19. The summed E-state index contributed by atoms with van der Waals surface area (Å²) in [6.45, 7) is 3.90. The fourth-order valence-corrected chi connectivity index (χ4v) is 3.38. The first-order valence-electron chi connectivity index (χ1n) is 9.19. The monoisotopic (exact) mass is 364 g/mol. The molecule has 1 unspecified atom stereocenters. The number of amides is 2. The topological polar surface area (TPSA) is 81.1 Å². The molecule has 144 valence electrons. The molecule has 0 bridgehead atoms. The van der Waals surface area contributed by atoms with Crippen molar-refractivity contribution in [1.82, 2.24) is 10.6 Å². The average Bonchev–Trinajstić information content (AvgIpc) is 3.11. The molecule has 3 N–H and O–H groups in total. The molecule has 1 aromatic carbocycles. The van der Waals surface area contributed by atoms with Gasteiger partial charge in [-0.2, -0.15) is 0 Å². The largest absolute Gasteiger partial charge is 0.497 e. The van der Waals surface area contributed by atoms with Crippen LogP contribution < -0.4 is 25.0 Å². The maximum absolute atomic E-state index is 12.3. The summed E-state index contributed by atoms with van der Waals surface area (Å²) < 4.78 is 10.8. The van der Waals surface area contributed by atoms with E-state index in [9.17, 15) is 9.59 Å². The summed E-state index contributed by atoms with van der Waals surface area (Å²) in [5.74, 6) is 1.33. The number of hydrogen-bond donors (Lipinski definition) is 3. The smallest absolute Gasteiger partial charge is 0.275 e. The van der Waals surface area contributed by atoms with Crippen LogP contribution in [0, 0.1) is 0 Å². The molecule has 2 atom stereocenters. The molecule has 0 aromatic heterocycles. The normalized spacial score (nSPS) is 19.0. The van der Waals surface area contributed by atoms with Crippen molar-refractivity contribution in [3.05, 3.63) is 23.8 Å². The highest BCUT2D eigenvalue weighted by molar-refractivity contribution is 5.85. The van der Waals surface area contributed by atoms with Crippen LogP contribution in [0.15, 0.2) is 18.2 Å². The van der Waals surface area contributed by atoms with Crippen LogP contribution in [0.1, 0.15) is 37.8 Å². The molecule has 0 saturated carbocycles. The highest BCUT2D eigenvalue weighted by atomic mass is 16.5. The molecule has 2 rings (SSSR count). The lowest BCUT2D eigenvalue weighted by atomic mass is 10.0. The van der Waals surface area contributed by atoms with Gasteiger partial charge in [-0.05, 0) is 24.6 Å². The SMILES string of the molecule is CCCNC(=O)CNC(=O)C[NH+]1CCC[C@H]1c1cc(OC)ccc1OC. The van der Waals surface area contributed by atoms with Crippen LogP contribution in [-0.4, -0.2) is 52.2 Å². The first-order chi connectivity index (χ1) is 12.6. The Labute approximate surface area is 155 Å². The van der Waals surface area contributed by atoms with Gasteiger partial charge < -0.3 is 25.0 Å². The number of carbonyl (C=O) groups is 2. The van der Waals surface area contributed by atoms with E-state index >= 15 is 0 Å². The quantitative estimate of drug-likeness (QED) is 0.579. The summed E-state index contributed by atoms with van der Waals surface area (Å²) in [6.07, 6.45) is 2.91. The summed E-state index contributed by atoms with van der Waals surface area (Å²) in [5, 5.41) is 5.47. The molecule has 2 amide bonds. The Bertz CT molecular complexity index is 621. The van der Waals surface area contributed by atoms with E-state index in [0.717, 1.165) is 42.9 Å². The third-order valence-corrected chi connectivity index (χ3v) is 4.70. The minimum atomic E-state index is -0.150. The van der Waals surface area contributed by atoms with Crippen molar-refractivity contribution >= 4 is 11.8 Å². The van der Waals surface area contributed by atoms with Crippen LogP contribution in [0.4, 0.5) is 0 Å². The molecular weight excluding hydrogens is 334 g/mol. The maximum Gasteiger partial charge on any atom is 0.275 e. The van der Waals surface area contributed by atoms with Crippen molar-refractivity contribution < 1.29 is 24.0 Å². The molecule has 1 aliphatic rings. The Morgan fingerprint density at radius 2 is 2.00 bits per heavy atom. The van der Waals surface area contributed by atoms with Crippen LogP contribution in [-0.2, 0) is 9.59 Å². The lowest BCUT2D eigenvalue weighted by Gasteiger charge is -2.23. The highest BCUT2D eigenvalue weighted by Gasteiger charge is 2.33. The zero-order valence-corrected chi connectivity index (χ0v) is 15.9. The van der Waals surface area contributed by atoms with Gasteiger partial charge in [0.25, 0.3) is 5.91 Å². The third-order valence-electron chi connectivity index (χ3n) is 4.70. The first kappa shape index (κ1) is 20.0. The molecule has 0 radical (unpaired) electrons. The Morgan fingerprint density at radius 1 is 1.19 bits per heavy atom. The van der Waals surface area contributed by atoms with Crippen LogP contribution in [0.5, 0.6) is 11.5 Å². The zero-order valence-electron chi connectivity index (χ0n) is 15.9. The molecule has 7 nitrogen and oxygen atoms in total. The van der Waals surface area contributed by atoms with Gasteiger partial charge in [-0.1, -0.05) is 6.92 Å². The van der Waals surface area contributed by atoms with Gasteiger partial charge in [-0.25, -0.2) is 0 Å². The van der Waals surface area contributed by atoms with Crippen molar-refractivity contribution in [2.45, 2.75) is 32.2 Å². The van der Waals surface area contributed by atoms with Gasteiger partial charge in [-0.3, -0.25) is 9.59 Å². The molecule has 1 fully saturated rings. The number of nitrogens with one attached hydrogen (secondary N) is 3. The van der Waals surface area contributed by atoms with Gasteiger partial charge in [0, 0.05) is 19.4 Å². The molecular formula is C19H30N3O4+. The van der Waals surface area contributed by atoms with Crippen molar-refractivity contribution in [3.8, 4) is 11.5 Å². The molecule has 26 heavy (non-hydrogen) atoms. The number of quaternary nitrogens is 1. The summed E-state index contributed by atoms with van der Waals surface area (Å²) >= 11 is 0. The van der Waals surface area contributed by atoms with Crippen molar-refractivity contribution in [3.63, 3.8) is 0 Å². The van der Waals surface area contributed by atoms with Crippen LogP contribution in [0.3, 0.4) is 0 Å². The van der Waals surface area contributed by atoms with Crippen molar-refractivity contribution in [2.75, 3.05) is 40.4 Å². The Morgan fingerprint density at radius 3 is 2.69 bits per heavy atom. The molecule has 1 heterocycles. The summed E-state index contributed by atoms with van der Waals surface area (Å²) in [5.41, 5.74) is 1.06. The number of carbonyl (C=O) groups excluding carboxylic acids is 2. The number of hydrogen-bond acceptors (Lipinski definition) is 4. The fraction of sp³-hybridized carbons (Fsp3) is 0.579. The molecule has 1 aliphatic heterocycles. The predicted molar refractivity (Wildman–Crippen MR) is 98.5 cm³/mol. The minimum Gasteiger partial charge on any atom is -0.497 e. The lowest BCUT2D eigenvalue weighted by Crippen LogP contribution is -3.11. The van der Waals surface area contributed by atoms with E-state index in [1.807, 2.05) is 25.1 Å². The minimum absolute atomic E-state index is 0.0270. The zero-order chi connectivity index (χ0) is 18.9. The standard InChI is InChI=1S/C19H29N3O4/c1-4-9-20-18(23)12-21-19(24)13-22-10-5-6-16(22)15-11-14(25-2)7-8-17(15)26-3/h7-8,11,16H,4-6,9-10,12-13H2,1-3H3,(H,20,23)(H,21,24)/p+1/t16-/m0/s1. The molecule has 0 spiro atoms. The van der Waals surface area contributed by atoms with Crippen molar-refractivity contribution in [1.29, 1.82) is 0 Å². The second-order valence-corrected chi connectivity index (χ2v) is 6.51. The predicted octanol–water partition coefficient (Wildman–Crippen LogP) is 0.0660. The third kappa shape index (κ3) is 5.36. The second-order valence-electron chi connectivity index (χ2n) is 6.51. The Kier molecular flexibility index (Phi) is 7.72. The van der Waals surface area contributed by atoms with E-state index < -0.39 is 0 Å². The number of methoxy groups -OCH3 is 2. The molecule has 7 heteroatoms. The van der Waals surface area contributed by atoms with Crippen LogP contribution >= 0.6 is 0 Å². The maximum atomic E-state index is 12.3. The van der Waals surface area contributed by atoms with E-state index in [2.05, 4.69) is 10.6 Å². The van der Waals surface area contributed by atoms with Gasteiger partial charge in [-0.15, -0.1) is 0 Å². The number of benzene rings is 1. The van der Waals surface area contributed by atoms with E-state index in [4.69, 9.17) is 9.47 Å². The fourth-order valence-electron chi connectivity index (χ4n) is 3.38. The van der Waals surface area contributed by atoms with Gasteiger partial charge in [0.1, 0.15) is 17.5 Å². The van der Waals surface area contributed by atoms with Gasteiger partial charge in [0.15, 0.2) is 6.54 Å². The summed E-state index contributed by atoms with van der Waals surface area (Å²) in [4.78, 5) is 25.1. The van der Waals surface area contributed by atoms with Gasteiger partial charge in [0.2, 0.25) is 5.91 Å². The van der Waals surface area contributed by atoms with Gasteiger partial charge >= 0.3 is 0 Å². The van der Waals surface area contributed by atoms with E-state index in [1.165, 1.54) is 4.90 Å². The van der Waals surface area contributed by atoms with E-state index in [1.54, 1.807) is 14.2 Å². The van der Waals surface area contributed by atoms with Crippen LogP contribution in [0.25, 0.3) is 0 Å². The molecule has 0 aliphatic carbocycles. The van der Waals surface area contributed by atoms with Crippen LogP contribution in [0.2, 0.25) is 0 Å². The van der Waals surface area contributed by atoms with E-state index in [0.29, 0.717) is 13.1 Å². The Balaban J connectivity index is 1.97. The number of rotatable bonds is 9. The number of likely N-dealkylation sites (tertiary alicyclic amines) is 1. The molecule has 1 saturated heterocycles. The summed E-state index contributed by atoms with van der Waals surface area (Å²) in [6, 6.07) is 5.95. The second kappa shape index (κ2) is 10.0. The van der Waals surface area contributed by atoms with Gasteiger partial charge in [0.05, 0.1) is 32.9 Å². The average molecular weight is 364 g/mol. The summed E-state index contributed by atoms with van der Waals surface area (Å²) in [7, 11) is 3.30. The van der Waals surface area contributed by atoms with Crippen molar-refractivity contribution in [2.24, 2.45) is 0 Å². The number of ether oxygens (including phenoxy) is 2. The van der Waals surface area contributed by atoms with E-state index in [-0.39, 0.29) is 24.4 Å².